The van der Waals surface area contributed by atoms with E-state index < -0.39 is 4.92 Å². The third kappa shape index (κ3) is 3.10. The van der Waals surface area contributed by atoms with Crippen LogP contribution in [-0.2, 0) is 6.42 Å². The summed E-state index contributed by atoms with van der Waals surface area (Å²) in [7, 11) is 0. The van der Waals surface area contributed by atoms with Crippen molar-refractivity contribution in [2.24, 2.45) is 0 Å². The van der Waals surface area contributed by atoms with Crippen molar-refractivity contribution in [3.63, 3.8) is 0 Å². The summed E-state index contributed by atoms with van der Waals surface area (Å²) >= 11 is 5.85. The molecular formula is C11H15ClN2O2. The lowest BCUT2D eigenvalue weighted by Gasteiger charge is -2.05. The van der Waals surface area contributed by atoms with Crippen LogP contribution in [-0.4, -0.2) is 4.92 Å². The molecule has 0 aliphatic heterocycles. The van der Waals surface area contributed by atoms with Crippen LogP contribution in [0.3, 0.4) is 0 Å². The number of benzene rings is 1. The van der Waals surface area contributed by atoms with Crippen LogP contribution in [0.15, 0.2) is 12.1 Å². The van der Waals surface area contributed by atoms with Crippen LogP contribution >= 0.6 is 11.6 Å². The highest BCUT2D eigenvalue weighted by atomic mass is 35.5. The molecule has 16 heavy (non-hydrogen) atoms. The van der Waals surface area contributed by atoms with Gasteiger partial charge in [0.2, 0.25) is 0 Å². The Morgan fingerprint density at radius 2 is 2.12 bits per heavy atom. The first-order chi connectivity index (χ1) is 7.56. The molecule has 5 heteroatoms. The van der Waals surface area contributed by atoms with Crippen molar-refractivity contribution in [2.45, 2.75) is 32.6 Å². The number of rotatable bonds is 5. The van der Waals surface area contributed by atoms with E-state index in [0.29, 0.717) is 0 Å². The highest BCUT2D eigenvalue weighted by molar-refractivity contribution is 6.33. The Bertz CT molecular complexity index is 394. The SMILES string of the molecule is CCCCCc1cc(Cl)c(N)c([N+](=O)[O-])c1. The average Bonchev–Trinajstić information content (AvgIpc) is 2.23. The Labute approximate surface area is 99.6 Å². The van der Waals surface area contributed by atoms with E-state index in [1.54, 1.807) is 6.07 Å². The van der Waals surface area contributed by atoms with Crippen LogP contribution < -0.4 is 5.73 Å². The maximum absolute atomic E-state index is 10.7. The third-order valence-electron chi connectivity index (χ3n) is 2.43. The van der Waals surface area contributed by atoms with Gasteiger partial charge in [0.15, 0.2) is 0 Å². The van der Waals surface area contributed by atoms with E-state index in [1.807, 2.05) is 0 Å². The van der Waals surface area contributed by atoms with E-state index >= 15 is 0 Å². The van der Waals surface area contributed by atoms with Crippen molar-refractivity contribution in [1.82, 2.24) is 0 Å². The lowest BCUT2D eigenvalue weighted by Crippen LogP contribution is -1.98. The van der Waals surface area contributed by atoms with Gasteiger partial charge in [-0.15, -0.1) is 0 Å². The van der Waals surface area contributed by atoms with Crippen molar-refractivity contribution in [2.75, 3.05) is 5.73 Å². The Hall–Kier alpha value is -1.29. The minimum Gasteiger partial charge on any atom is -0.392 e. The van der Waals surface area contributed by atoms with Gasteiger partial charge in [0.25, 0.3) is 5.69 Å². The van der Waals surface area contributed by atoms with Crippen LogP contribution in [0.1, 0.15) is 31.7 Å². The molecule has 2 N–H and O–H groups in total. The van der Waals surface area contributed by atoms with Crippen molar-refractivity contribution in [3.05, 3.63) is 32.8 Å². The lowest BCUT2D eigenvalue weighted by atomic mass is 10.1. The van der Waals surface area contributed by atoms with Crippen LogP contribution in [0.4, 0.5) is 11.4 Å². The summed E-state index contributed by atoms with van der Waals surface area (Å²) in [4.78, 5) is 10.2. The maximum atomic E-state index is 10.7. The first kappa shape index (κ1) is 12.8. The molecular weight excluding hydrogens is 228 g/mol. The van der Waals surface area contributed by atoms with Gasteiger partial charge in [0.1, 0.15) is 5.69 Å². The zero-order valence-electron chi connectivity index (χ0n) is 9.20. The fourth-order valence-corrected chi connectivity index (χ4v) is 1.77. The number of halogens is 1. The molecule has 1 rings (SSSR count). The molecule has 0 aromatic heterocycles. The second-order valence-electron chi connectivity index (χ2n) is 3.72. The monoisotopic (exact) mass is 242 g/mol. The van der Waals surface area contributed by atoms with Crippen molar-refractivity contribution in [3.8, 4) is 0 Å². The molecule has 1 aromatic carbocycles. The van der Waals surface area contributed by atoms with E-state index in [2.05, 4.69) is 6.92 Å². The number of aryl methyl sites for hydroxylation is 1. The molecule has 0 spiro atoms. The number of hydrogen-bond donors (Lipinski definition) is 1. The Balaban J connectivity index is 2.91. The van der Waals surface area contributed by atoms with Gasteiger partial charge in [-0.2, -0.15) is 0 Å². The first-order valence-electron chi connectivity index (χ1n) is 5.28. The number of nitrogens with zero attached hydrogens (tertiary/aromatic N) is 1. The van der Waals surface area contributed by atoms with Crippen molar-refractivity contribution in [1.29, 1.82) is 0 Å². The highest BCUT2D eigenvalue weighted by Crippen LogP contribution is 2.31. The van der Waals surface area contributed by atoms with Gasteiger partial charge in [0, 0.05) is 6.07 Å². The molecule has 0 amide bonds. The number of nitrogen functional groups attached to an aromatic ring is 1. The molecule has 1 aromatic rings. The minimum atomic E-state index is -0.496. The van der Waals surface area contributed by atoms with Crippen molar-refractivity contribution < 1.29 is 4.92 Å². The largest absolute Gasteiger partial charge is 0.392 e. The molecule has 0 fully saturated rings. The number of nitro groups is 1. The predicted molar refractivity (Wildman–Crippen MR) is 65.7 cm³/mol. The standard InChI is InChI=1S/C11H15ClN2O2/c1-2-3-4-5-8-6-9(12)11(13)10(7-8)14(15)16/h6-7H,2-5,13H2,1H3. The number of nitrogens with two attached hydrogens (primary N) is 1. The summed E-state index contributed by atoms with van der Waals surface area (Å²) < 4.78 is 0. The van der Waals surface area contributed by atoms with Crippen molar-refractivity contribution >= 4 is 23.0 Å². The molecule has 0 saturated heterocycles. The fraction of sp³-hybridized carbons (Fsp3) is 0.455. The van der Waals surface area contributed by atoms with Gasteiger partial charge in [0.05, 0.1) is 9.95 Å². The van der Waals surface area contributed by atoms with Gasteiger partial charge in [-0.3, -0.25) is 10.1 Å². The topological polar surface area (TPSA) is 69.2 Å². The Kier molecular flexibility index (Phi) is 4.55. The molecule has 0 aliphatic carbocycles. The molecule has 0 heterocycles. The van der Waals surface area contributed by atoms with E-state index in [4.69, 9.17) is 17.3 Å². The third-order valence-corrected chi connectivity index (χ3v) is 2.75. The number of hydrogen-bond acceptors (Lipinski definition) is 3. The van der Waals surface area contributed by atoms with Crippen LogP contribution in [0.2, 0.25) is 5.02 Å². The lowest BCUT2D eigenvalue weighted by molar-refractivity contribution is -0.383. The molecule has 0 saturated carbocycles. The van der Waals surface area contributed by atoms with Gasteiger partial charge in [-0.25, -0.2) is 0 Å². The summed E-state index contributed by atoms with van der Waals surface area (Å²) in [6.45, 7) is 2.11. The van der Waals surface area contributed by atoms with Gasteiger partial charge >= 0.3 is 0 Å². The zero-order chi connectivity index (χ0) is 12.1. The van der Waals surface area contributed by atoms with Gasteiger partial charge in [-0.05, 0) is 24.5 Å². The van der Waals surface area contributed by atoms with Crippen LogP contribution in [0.5, 0.6) is 0 Å². The molecule has 0 atom stereocenters. The van der Waals surface area contributed by atoms with E-state index in [-0.39, 0.29) is 16.4 Å². The smallest absolute Gasteiger partial charge is 0.293 e. The summed E-state index contributed by atoms with van der Waals surface area (Å²) in [5.74, 6) is 0. The Morgan fingerprint density at radius 3 is 2.69 bits per heavy atom. The number of unbranched alkanes of at least 4 members (excludes halogenated alkanes) is 2. The Morgan fingerprint density at radius 1 is 1.44 bits per heavy atom. The van der Waals surface area contributed by atoms with Gasteiger partial charge < -0.3 is 5.73 Å². The fourth-order valence-electron chi connectivity index (χ4n) is 1.53. The normalized spacial score (nSPS) is 10.4. The molecule has 0 radical (unpaired) electrons. The number of anilines is 1. The van der Waals surface area contributed by atoms with E-state index in [9.17, 15) is 10.1 Å². The summed E-state index contributed by atoms with van der Waals surface area (Å²) in [6.07, 6.45) is 4.03. The van der Waals surface area contributed by atoms with E-state index in [1.165, 1.54) is 6.07 Å². The highest BCUT2D eigenvalue weighted by Gasteiger charge is 2.15. The molecule has 88 valence electrons. The quantitative estimate of drug-likeness (QED) is 0.371. The summed E-state index contributed by atoms with van der Waals surface area (Å²) in [5.41, 5.74) is 6.36. The van der Waals surface area contributed by atoms with Gasteiger partial charge in [-0.1, -0.05) is 31.4 Å². The summed E-state index contributed by atoms with van der Waals surface area (Å²) in [6, 6.07) is 3.22. The van der Waals surface area contributed by atoms with Crippen LogP contribution in [0, 0.1) is 10.1 Å². The molecule has 0 unspecified atom stereocenters. The second kappa shape index (κ2) is 5.70. The zero-order valence-corrected chi connectivity index (χ0v) is 9.96. The maximum Gasteiger partial charge on any atom is 0.293 e. The first-order valence-corrected chi connectivity index (χ1v) is 5.66. The minimum absolute atomic E-state index is 0.0471. The van der Waals surface area contributed by atoms with E-state index in [0.717, 1.165) is 31.2 Å². The molecule has 0 bridgehead atoms. The molecule has 4 nitrogen and oxygen atoms in total. The number of nitro benzene ring substituents is 1. The predicted octanol–water partition coefficient (Wildman–Crippen LogP) is 3.56. The second-order valence-corrected chi connectivity index (χ2v) is 4.13. The summed E-state index contributed by atoms with van der Waals surface area (Å²) in [5, 5.41) is 11.0. The molecule has 0 aliphatic rings. The average molecular weight is 243 g/mol. The van der Waals surface area contributed by atoms with Crippen LogP contribution in [0.25, 0.3) is 0 Å².